The Bertz CT molecular complexity index is 1320. The second-order valence-corrected chi connectivity index (χ2v) is 10.9. The molecule has 1 aliphatic rings. The number of carboxylic acid groups (broad SMARTS) is 1. The molecule has 13 nitrogen and oxygen atoms in total. The number of aliphatic imine (C=N–C) groups is 1. The number of aliphatic carboxylic acids is 1. The molecule has 0 bridgehead atoms. The van der Waals surface area contributed by atoms with E-state index in [1.807, 2.05) is 13.0 Å². The fourth-order valence-corrected chi connectivity index (χ4v) is 5.26. The first-order chi connectivity index (χ1) is 21.0. The molecule has 0 aliphatic carbocycles. The van der Waals surface area contributed by atoms with Crippen molar-refractivity contribution in [2.45, 2.75) is 69.7 Å². The second-order valence-electron chi connectivity index (χ2n) is 10.9. The van der Waals surface area contributed by atoms with E-state index < -0.39 is 59.9 Å². The van der Waals surface area contributed by atoms with Crippen LogP contribution in [-0.4, -0.2) is 82.8 Å². The van der Waals surface area contributed by atoms with E-state index in [-0.39, 0.29) is 31.8 Å². The zero-order valence-electron chi connectivity index (χ0n) is 24.9. The molecule has 1 heterocycles. The van der Waals surface area contributed by atoms with Crippen molar-refractivity contribution >= 4 is 36.1 Å². The minimum absolute atomic E-state index is 0.00231. The molecule has 2 aromatic rings. The molecule has 44 heavy (non-hydrogen) atoms. The van der Waals surface area contributed by atoms with Crippen molar-refractivity contribution in [3.05, 3.63) is 71.8 Å². The van der Waals surface area contributed by atoms with E-state index in [2.05, 4.69) is 20.9 Å². The van der Waals surface area contributed by atoms with E-state index >= 15 is 0 Å². The van der Waals surface area contributed by atoms with Crippen molar-refractivity contribution in [2.24, 2.45) is 22.4 Å². The van der Waals surface area contributed by atoms with Gasteiger partial charge in [0.25, 0.3) is 0 Å². The molecule has 2 aromatic carbocycles. The fourth-order valence-electron chi connectivity index (χ4n) is 5.26. The van der Waals surface area contributed by atoms with Crippen LogP contribution in [0.3, 0.4) is 0 Å². The lowest BCUT2D eigenvalue weighted by Crippen LogP contribution is -2.67. The van der Waals surface area contributed by atoms with Gasteiger partial charge >= 0.3 is 12.0 Å². The number of carbonyl (C=O) groups is 5. The van der Waals surface area contributed by atoms with Crippen LogP contribution in [0.25, 0.3) is 0 Å². The molecule has 6 atom stereocenters. The van der Waals surface area contributed by atoms with Gasteiger partial charge in [-0.25, -0.2) is 9.59 Å². The average molecular weight is 608 g/mol. The predicted molar refractivity (Wildman–Crippen MR) is 164 cm³/mol. The van der Waals surface area contributed by atoms with Crippen LogP contribution in [0.2, 0.25) is 0 Å². The second kappa shape index (κ2) is 16.1. The maximum atomic E-state index is 14.5. The summed E-state index contributed by atoms with van der Waals surface area (Å²) in [5.74, 6) is -3.21. The number of aldehydes is 1. The highest BCUT2D eigenvalue weighted by Crippen LogP contribution is 2.22. The molecule has 0 saturated carbocycles. The highest BCUT2D eigenvalue weighted by atomic mass is 16.4. The number of nitrogens with zero attached hydrogens (tertiary/aromatic N) is 2. The Hall–Kier alpha value is -4.94. The van der Waals surface area contributed by atoms with Crippen molar-refractivity contribution < 1.29 is 29.1 Å². The van der Waals surface area contributed by atoms with Gasteiger partial charge in [0.05, 0.1) is 12.1 Å². The molecule has 13 heteroatoms. The van der Waals surface area contributed by atoms with Gasteiger partial charge in [-0.1, -0.05) is 80.9 Å². The number of nitrogens with one attached hydrogen (secondary N) is 3. The van der Waals surface area contributed by atoms with E-state index in [0.717, 1.165) is 10.5 Å². The summed E-state index contributed by atoms with van der Waals surface area (Å²) in [5, 5.41) is 17.8. The quantitative estimate of drug-likeness (QED) is 0.157. The van der Waals surface area contributed by atoms with Crippen LogP contribution in [0.15, 0.2) is 65.7 Å². The third-order valence-electron chi connectivity index (χ3n) is 7.73. The van der Waals surface area contributed by atoms with Gasteiger partial charge in [0.1, 0.15) is 24.4 Å². The Morgan fingerprint density at radius 2 is 1.64 bits per heavy atom. The zero-order valence-corrected chi connectivity index (χ0v) is 24.9. The fraction of sp³-hybridized carbons (Fsp3) is 0.419. The highest BCUT2D eigenvalue weighted by molar-refractivity contribution is 5.95. The van der Waals surface area contributed by atoms with Crippen LogP contribution in [0, 0.1) is 5.92 Å². The lowest BCUT2D eigenvalue weighted by molar-refractivity contribution is -0.148. The summed E-state index contributed by atoms with van der Waals surface area (Å²) in [4.78, 5) is 70.6. The summed E-state index contributed by atoms with van der Waals surface area (Å²) in [6, 6.07) is 11.1. The number of amides is 4. The van der Waals surface area contributed by atoms with Gasteiger partial charge in [-0.3, -0.25) is 14.6 Å². The zero-order chi connectivity index (χ0) is 32.2. The molecular weight excluding hydrogens is 566 g/mol. The Kier molecular flexibility index (Phi) is 12.2. The van der Waals surface area contributed by atoms with Gasteiger partial charge in [-0.05, 0) is 29.9 Å². The molecule has 4 amide bonds. The largest absolute Gasteiger partial charge is 0.480 e. The van der Waals surface area contributed by atoms with Crippen molar-refractivity contribution in [2.75, 3.05) is 6.54 Å². The van der Waals surface area contributed by atoms with Crippen molar-refractivity contribution in [1.29, 1.82) is 0 Å². The number of hydrogen-bond donors (Lipinski definition) is 6. The summed E-state index contributed by atoms with van der Waals surface area (Å²) in [6.07, 6.45) is 1.41. The first-order valence-electron chi connectivity index (χ1n) is 14.6. The maximum absolute atomic E-state index is 14.5. The number of carboxylic acids is 1. The van der Waals surface area contributed by atoms with Crippen LogP contribution in [0.1, 0.15) is 37.8 Å². The topological polar surface area (TPSA) is 209 Å². The molecule has 0 spiro atoms. The third-order valence-corrected chi connectivity index (χ3v) is 7.73. The number of guanidine groups is 1. The number of urea groups is 1. The van der Waals surface area contributed by atoms with Crippen LogP contribution in [0.5, 0.6) is 0 Å². The maximum Gasteiger partial charge on any atom is 0.326 e. The average Bonchev–Trinajstić information content (AvgIpc) is 3.01. The van der Waals surface area contributed by atoms with E-state index in [1.165, 1.54) is 0 Å². The van der Waals surface area contributed by atoms with Crippen molar-refractivity contribution in [3.63, 3.8) is 0 Å². The molecule has 3 rings (SSSR count). The minimum atomic E-state index is -1.38. The van der Waals surface area contributed by atoms with Crippen LogP contribution >= 0.6 is 0 Å². The van der Waals surface area contributed by atoms with Gasteiger partial charge in [0.2, 0.25) is 11.8 Å². The van der Waals surface area contributed by atoms with Crippen LogP contribution in [0.4, 0.5) is 4.79 Å². The Balaban J connectivity index is 1.99. The summed E-state index contributed by atoms with van der Waals surface area (Å²) in [6.45, 7) is 3.83. The van der Waals surface area contributed by atoms with Crippen molar-refractivity contribution in [3.8, 4) is 0 Å². The number of rotatable bonds is 15. The number of primary amides is 1. The Labute approximate surface area is 256 Å². The van der Waals surface area contributed by atoms with Crippen LogP contribution < -0.4 is 27.4 Å². The van der Waals surface area contributed by atoms with Gasteiger partial charge in [0.15, 0.2) is 5.96 Å². The molecule has 1 aliphatic heterocycles. The van der Waals surface area contributed by atoms with Gasteiger partial charge in [0, 0.05) is 13.0 Å². The Morgan fingerprint density at radius 3 is 2.14 bits per heavy atom. The molecule has 236 valence electrons. The molecule has 0 saturated heterocycles. The normalized spacial score (nSPS) is 17.8. The minimum Gasteiger partial charge on any atom is -0.480 e. The molecule has 8 N–H and O–H groups in total. The number of benzene rings is 2. The van der Waals surface area contributed by atoms with Crippen molar-refractivity contribution in [1.82, 2.24) is 20.9 Å². The van der Waals surface area contributed by atoms with E-state index in [9.17, 15) is 29.1 Å². The predicted octanol–water partition coefficient (Wildman–Crippen LogP) is 0.566. The van der Waals surface area contributed by atoms with E-state index in [1.54, 1.807) is 61.5 Å². The SMILES string of the molecule is CC[C@H](C)[C@@H](C(N)=O)N(C(=O)[C@@H](NC(=O)NC(Cc1ccccc1)C(=O)O)C1CCN=C(N)N1)C(C=O)Cc1ccccc1. The van der Waals surface area contributed by atoms with Gasteiger partial charge in [-0.15, -0.1) is 0 Å². The first-order valence-corrected chi connectivity index (χ1v) is 14.6. The number of nitrogens with two attached hydrogens (primary N) is 2. The summed E-state index contributed by atoms with van der Waals surface area (Å²) in [7, 11) is 0. The van der Waals surface area contributed by atoms with E-state index in [4.69, 9.17) is 11.5 Å². The Morgan fingerprint density at radius 1 is 1.05 bits per heavy atom. The monoisotopic (exact) mass is 607 g/mol. The van der Waals surface area contributed by atoms with E-state index in [0.29, 0.717) is 18.3 Å². The van der Waals surface area contributed by atoms with Crippen LogP contribution in [-0.2, 0) is 32.0 Å². The molecule has 3 unspecified atom stereocenters. The molecule has 0 aromatic heterocycles. The molecule has 0 fully saturated rings. The highest BCUT2D eigenvalue weighted by Gasteiger charge is 2.43. The van der Waals surface area contributed by atoms with Gasteiger partial charge in [-0.2, -0.15) is 0 Å². The number of carbonyl (C=O) groups excluding carboxylic acids is 4. The smallest absolute Gasteiger partial charge is 0.326 e. The van der Waals surface area contributed by atoms with Gasteiger partial charge < -0.3 is 42.2 Å². The molecule has 0 radical (unpaired) electrons. The lowest BCUT2D eigenvalue weighted by Gasteiger charge is -2.41. The number of hydrogen-bond acceptors (Lipinski definition) is 8. The molecular formula is C31H41N7O6. The third kappa shape index (κ3) is 9.03. The summed E-state index contributed by atoms with van der Waals surface area (Å²) < 4.78 is 0. The standard InChI is InChI=1S/C31H41N7O6/c1-3-19(2)26(27(32)40)38(22(18-39)16-20-10-6-4-7-11-20)28(41)25(23-14-15-34-30(33)35-23)37-31(44)36-24(29(42)43)17-21-12-8-5-9-13-21/h4-13,18-19,22-26H,3,14-17H2,1-2H3,(H2,32,40)(H,42,43)(H3,33,34,35)(H2,36,37,44)/t19-,22?,23?,24?,25-,26-/m0/s1. The summed E-state index contributed by atoms with van der Waals surface area (Å²) >= 11 is 0. The lowest BCUT2D eigenvalue weighted by atomic mass is 9.91. The first kappa shape index (κ1) is 33.6. The summed E-state index contributed by atoms with van der Waals surface area (Å²) in [5.41, 5.74) is 13.2.